The van der Waals surface area contributed by atoms with Gasteiger partial charge in [0.05, 0.1) is 12.6 Å². The Labute approximate surface area is 197 Å². The maximum atomic E-state index is 13.0. The van der Waals surface area contributed by atoms with E-state index in [1.807, 2.05) is 38.1 Å². The zero-order valence-electron chi connectivity index (χ0n) is 20.3. The fraction of sp³-hybridized carbons (Fsp3) is 0.640. The first-order valence-electron chi connectivity index (χ1n) is 12.2. The lowest BCUT2D eigenvalue weighted by atomic mass is 10.1. The number of para-hydroxylation sites is 1. The summed E-state index contributed by atoms with van der Waals surface area (Å²) in [5, 5.41) is 9.07. The second-order valence-corrected chi connectivity index (χ2v) is 8.60. The zero-order valence-corrected chi connectivity index (χ0v) is 20.3. The molecule has 0 bridgehead atoms. The Hall–Kier alpha value is -2.61. The van der Waals surface area contributed by atoms with Gasteiger partial charge < -0.3 is 25.6 Å². The van der Waals surface area contributed by atoms with E-state index in [2.05, 4.69) is 16.0 Å². The number of nitrogens with zero attached hydrogens (tertiary/aromatic N) is 1. The van der Waals surface area contributed by atoms with Gasteiger partial charge in [0.1, 0.15) is 18.4 Å². The summed E-state index contributed by atoms with van der Waals surface area (Å²) in [4.78, 5) is 39.8. The van der Waals surface area contributed by atoms with Crippen molar-refractivity contribution in [1.82, 2.24) is 20.9 Å². The smallest absolute Gasteiger partial charge is 0.242 e. The van der Waals surface area contributed by atoms with Crippen LogP contribution in [0.25, 0.3) is 0 Å². The molecule has 0 radical (unpaired) electrons. The van der Waals surface area contributed by atoms with E-state index in [-0.39, 0.29) is 30.3 Å². The van der Waals surface area contributed by atoms with Crippen LogP contribution < -0.4 is 20.7 Å². The van der Waals surface area contributed by atoms with Crippen LogP contribution in [-0.4, -0.2) is 68.0 Å². The highest BCUT2D eigenvalue weighted by Crippen LogP contribution is 2.19. The molecule has 0 aliphatic carbocycles. The average Bonchev–Trinajstić information content (AvgIpc) is 2.80. The van der Waals surface area contributed by atoms with Crippen molar-refractivity contribution in [1.29, 1.82) is 0 Å². The number of hydrogen-bond acceptors (Lipinski definition) is 5. The molecule has 8 nitrogen and oxygen atoms in total. The highest BCUT2D eigenvalue weighted by atomic mass is 16.5. The fourth-order valence-corrected chi connectivity index (χ4v) is 3.94. The van der Waals surface area contributed by atoms with Crippen LogP contribution in [0.15, 0.2) is 24.3 Å². The number of aryl methyl sites for hydroxylation is 1. The third-order valence-electron chi connectivity index (χ3n) is 5.78. The van der Waals surface area contributed by atoms with Crippen molar-refractivity contribution in [3.63, 3.8) is 0 Å². The number of ether oxygens (including phenoxy) is 1. The highest BCUT2D eigenvalue weighted by Gasteiger charge is 2.25. The topological polar surface area (TPSA) is 99.8 Å². The first-order chi connectivity index (χ1) is 16.0. The van der Waals surface area contributed by atoms with Gasteiger partial charge >= 0.3 is 0 Å². The van der Waals surface area contributed by atoms with Gasteiger partial charge in [-0.15, -0.1) is 0 Å². The number of likely N-dealkylation sites (N-methyl/N-ethyl adjacent to an activating group) is 1. The monoisotopic (exact) mass is 460 g/mol. The summed E-state index contributed by atoms with van der Waals surface area (Å²) < 4.78 is 5.98. The minimum absolute atomic E-state index is 0.0828. The predicted molar refractivity (Wildman–Crippen MR) is 129 cm³/mol. The molecular weight excluding hydrogens is 420 g/mol. The van der Waals surface area contributed by atoms with Crippen molar-refractivity contribution < 1.29 is 19.1 Å². The van der Waals surface area contributed by atoms with Crippen molar-refractivity contribution in [3.8, 4) is 5.75 Å². The summed E-state index contributed by atoms with van der Waals surface area (Å²) in [5.74, 6) is 0.191. The van der Waals surface area contributed by atoms with E-state index >= 15 is 0 Å². The van der Waals surface area contributed by atoms with Crippen molar-refractivity contribution in [2.75, 3.05) is 33.3 Å². The molecule has 3 N–H and O–H groups in total. The molecule has 8 heteroatoms. The third kappa shape index (κ3) is 9.04. The minimum atomic E-state index is -0.597. The minimum Gasteiger partial charge on any atom is -0.492 e. The van der Waals surface area contributed by atoms with Crippen LogP contribution in [0, 0.1) is 0 Å². The summed E-state index contributed by atoms with van der Waals surface area (Å²) >= 11 is 0. The lowest BCUT2D eigenvalue weighted by Gasteiger charge is -2.25. The molecule has 33 heavy (non-hydrogen) atoms. The second kappa shape index (κ2) is 14.5. The summed E-state index contributed by atoms with van der Waals surface area (Å²) in [7, 11) is 1.62. The van der Waals surface area contributed by atoms with Gasteiger partial charge in [0.15, 0.2) is 0 Å². The van der Waals surface area contributed by atoms with Crippen molar-refractivity contribution >= 4 is 17.7 Å². The van der Waals surface area contributed by atoms with Gasteiger partial charge in [0, 0.05) is 20.1 Å². The number of hydrogen-bond donors (Lipinski definition) is 3. The Morgan fingerprint density at radius 3 is 2.58 bits per heavy atom. The van der Waals surface area contributed by atoms with Gasteiger partial charge in [-0.05, 0) is 37.3 Å². The Bertz CT molecular complexity index is 771. The largest absolute Gasteiger partial charge is 0.492 e. The van der Waals surface area contributed by atoms with Gasteiger partial charge in [-0.1, -0.05) is 51.3 Å². The molecule has 3 amide bonds. The Kier molecular flexibility index (Phi) is 11.7. The summed E-state index contributed by atoms with van der Waals surface area (Å²) in [5.41, 5.74) is 1.09. The van der Waals surface area contributed by atoms with Crippen molar-refractivity contribution in [2.24, 2.45) is 0 Å². The molecule has 1 heterocycles. The normalized spacial score (nSPS) is 21.8. The maximum Gasteiger partial charge on any atom is 0.242 e. The summed E-state index contributed by atoms with van der Waals surface area (Å²) in [6.45, 7) is 5.47. The van der Waals surface area contributed by atoms with E-state index in [4.69, 9.17) is 4.74 Å². The molecule has 2 atom stereocenters. The van der Waals surface area contributed by atoms with Crippen LogP contribution >= 0.6 is 0 Å². The number of rotatable bonds is 5. The number of fused-ring (bicyclic) bond motifs is 1. The summed E-state index contributed by atoms with van der Waals surface area (Å²) in [6, 6.07) is 6.92. The molecule has 0 aromatic heterocycles. The average molecular weight is 461 g/mol. The maximum absolute atomic E-state index is 13.0. The Morgan fingerprint density at radius 2 is 1.82 bits per heavy atom. The van der Waals surface area contributed by atoms with Gasteiger partial charge in [0.25, 0.3) is 0 Å². The molecule has 184 valence electrons. The fourth-order valence-electron chi connectivity index (χ4n) is 3.94. The highest BCUT2D eigenvalue weighted by molar-refractivity contribution is 5.91. The number of unbranched alkanes of at least 4 members (excludes halogenated alkanes) is 1. The van der Waals surface area contributed by atoms with Crippen LogP contribution in [0.5, 0.6) is 5.75 Å². The van der Waals surface area contributed by atoms with E-state index in [1.54, 1.807) is 7.05 Å². The number of benzene rings is 1. The van der Waals surface area contributed by atoms with E-state index < -0.39 is 6.04 Å². The van der Waals surface area contributed by atoms with Gasteiger partial charge in [0.2, 0.25) is 17.7 Å². The van der Waals surface area contributed by atoms with E-state index in [9.17, 15) is 14.4 Å². The summed E-state index contributed by atoms with van der Waals surface area (Å²) in [6.07, 6.45) is 5.39. The number of nitrogens with one attached hydrogen (secondary N) is 3. The Balaban J connectivity index is 2.17. The molecule has 1 aromatic rings. The predicted octanol–water partition coefficient (Wildman–Crippen LogP) is 2.02. The second-order valence-electron chi connectivity index (χ2n) is 8.60. The molecule has 0 saturated heterocycles. The zero-order chi connectivity index (χ0) is 24.1. The van der Waals surface area contributed by atoms with Crippen LogP contribution in [0.1, 0.15) is 57.9 Å². The van der Waals surface area contributed by atoms with E-state index in [0.717, 1.165) is 43.4 Å². The first-order valence-corrected chi connectivity index (χ1v) is 12.2. The third-order valence-corrected chi connectivity index (χ3v) is 5.78. The molecule has 0 unspecified atom stereocenters. The van der Waals surface area contributed by atoms with Crippen molar-refractivity contribution in [3.05, 3.63) is 29.8 Å². The standard InChI is InChI=1S/C25H40N4O4/c1-4-6-13-20-24(31)27-15-9-12-19-11-7-8-14-22(19)33-17-16-26-21(10-5-2)25(32)29(3)18-23(30)28-20/h7-8,11,14,20-21,26H,4-6,9-10,12-13,15-18H2,1-3H3,(H,27,31)(H,28,30)/t20-,21+/m1/s1. The first kappa shape index (κ1) is 26.6. The molecule has 2 rings (SSSR count). The Morgan fingerprint density at radius 1 is 1.03 bits per heavy atom. The number of amides is 3. The molecule has 1 aliphatic rings. The molecular formula is C25H40N4O4. The van der Waals surface area contributed by atoms with Crippen LogP contribution in [0.2, 0.25) is 0 Å². The van der Waals surface area contributed by atoms with E-state index in [0.29, 0.717) is 32.5 Å². The van der Waals surface area contributed by atoms with Gasteiger partial charge in [-0.25, -0.2) is 0 Å². The number of carbonyl (C=O) groups is 3. The van der Waals surface area contributed by atoms with Gasteiger partial charge in [-0.3, -0.25) is 14.4 Å². The van der Waals surface area contributed by atoms with Crippen LogP contribution in [-0.2, 0) is 20.8 Å². The molecule has 1 aliphatic heterocycles. The molecule has 0 spiro atoms. The van der Waals surface area contributed by atoms with Crippen LogP contribution in [0.3, 0.4) is 0 Å². The van der Waals surface area contributed by atoms with E-state index in [1.165, 1.54) is 4.90 Å². The SMILES string of the molecule is CCCC[C@H]1NC(=O)CN(C)C(=O)[C@H](CCC)NCCOc2ccccc2CCCNC1=O. The lowest BCUT2D eigenvalue weighted by molar-refractivity contribution is -0.137. The van der Waals surface area contributed by atoms with Crippen molar-refractivity contribution in [2.45, 2.75) is 70.9 Å². The molecule has 1 aromatic carbocycles. The van der Waals surface area contributed by atoms with Gasteiger partial charge in [-0.2, -0.15) is 0 Å². The molecule has 0 fully saturated rings. The van der Waals surface area contributed by atoms with Crippen LogP contribution in [0.4, 0.5) is 0 Å². The quantitative estimate of drug-likeness (QED) is 0.624. The number of carbonyl (C=O) groups excluding carboxylic acids is 3. The molecule has 0 saturated carbocycles. The lowest BCUT2D eigenvalue weighted by Crippen LogP contribution is -2.52.